The first-order valence-corrected chi connectivity index (χ1v) is 7.72. The van der Waals surface area contributed by atoms with Crippen molar-refractivity contribution >= 4 is 23.0 Å². The Morgan fingerprint density at radius 2 is 1.91 bits per heavy atom. The third kappa shape index (κ3) is 3.12. The fourth-order valence-electron chi connectivity index (χ4n) is 2.15. The van der Waals surface area contributed by atoms with Crippen molar-refractivity contribution in [1.29, 1.82) is 0 Å². The van der Waals surface area contributed by atoms with Crippen molar-refractivity contribution in [2.75, 3.05) is 13.3 Å². The topological polar surface area (TPSA) is 64.6 Å². The number of ketones is 1. The Morgan fingerprint density at radius 3 is 2.68 bits per heavy atom. The van der Waals surface area contributed by atoms with Crippen LogP contribution in [0.25, 0.3) is 0 Å². The van der Waals surface area contributed by atoms with E-state index in [2.05, 4.69) is 5.32 Å². The van der Waals surface area contributed by atoms with E-state index in [1.165, 1.54) is 18.3 Å². The summed E-state index contributed by atoms with van der Waals surface area (Å²) in [5.74, 6) is 1.32. The Bertz CT molecular complexity index is 723. The average Bonchev–Trinajstić information content (AvgIpc) is 3.16. The van der Waals surface area contributed by atoms with Crippen molar-refractivity contribution in [1.82, 2.24) is 5.32 Å². The average molecular weight is 317 g/mol. The highest BCUT2D eigenvalue weighted by molar-refractivity contribution is 7.15. The largest absolute Gasteiger partial charge is 0.454 e. The van der Waals surface area contributed by atoms with Crippen molar-refractivity contribution < 1.29 is 19.1 Å². The lowest BCUT2D eigenvalue weighted by Crippen LogP contribution is -2.24. The second kappa shape index (κ2) is 6.19. The van der Waals surface area contributed by atoms with Gasteiger partial charge in [-0.05, 0) is 43.2 Å². The monoisotopic (exact) mass is 317 g/mol. The molecule has 1 N–H and O–H groups in total. The Labute approximate surface area is 131 Å². The number of ether oxygens (including phenoxy) is 2. The lowest BCUT2D eigenvalue weighted by Gasteiger charge is -2.05. The minimum atomic E-state index is -0.154. The highest BCUT2D eigenvalue weighted by Gasteiger charge is 2.14. The second-order valence-corrected chi connectivity index (χ2v) is 6.00. The summed E-state index contributed by atoms with van der Waals surface area (Å²) in [7, 11) is 0. The van der Waals surface area contributed by atoms with Crippen molar-refractivity contribution in [3.8, 4) is 11.5 Å². The Morgan fingerprint density at radius 1 is 1.14 bits per heavy atom. The summed E-state index contributed by atoms with van der Waals surface area (Å²) >= 11 is 1.21. The standard InChI is InChI=1S/C16H15NO4S/c1-10(18)14-4-5-15(22-14)16(19)17-7-6-11-2-3-12-13(8-11)21-9-20-12/h2-5,8H,6-7,9H2,1H3,(H,17,19). The third-order valence-corrected chi connectivity index (χ3v) is 4.50. The molecule has 0 fully saturated rings. The molecular weight excluding hydrogens is 302 g/mol. The lowest BCUT2D eigenvalue weighted by molar-refractivity contribution is 0.0957. The number of rotatable bonds is 5. The predicted molar refractivity (Wildman–Crippen MR) is 82.9 cm³/mol. The molecule has 2 heterocycles. The molecule has 1 aromatic heterocycles. The van der Waals surface area contributed by atoms with Crippen LogP contribution in [0.5, 0.6) is 11.5 Å². The molecule has 114 valence electrons. The molecule has 2 aromatic rings. The van der Waals surface area contributed by atoms with Crippen LogP contribution in [-0.4, -0.2) is 25.0 Å². The van der Waals surface area contributed by atoms with Gasteiger partial charge in [-0.3, -0.25) is 9.59 Å². The summed E-state index contributed by atoms with van der Waals surface area (Å²) in [5.41, 5.74) is 1.07. The Hall–Kier alpha value is -2.34. The lowest BCUT2D eigenvalue weighted by atomic mass is 10.1. The van der Waals surface area contributed by atoms with Gasteiger partial charge < -0.3 is 14.8 Å². The summed E-state index contributed by atoms with van der Waals surface area (Å²) in [6.07, 6.45) is 0.702. The van der Waals surface area contributed by atoms with Gasteiger partial charge in [-0.25, -0.2) is 0 Å². The number of benzene rings is 1. The number of fused-ring (bicyclic) bond motifs is 1. The summed E-state index contributed by atoms with van der Waals surface area (Å²) in [4.78, 5) is 24.4. The van der Waals surface area contributed by atoms with Gasteiger partial charge in [0, 0.05) is 6.54 Å². The molecule has 6 heteroatoms. The Kier molecular flexibility index (Phi) is 4.11. The summed E-state index contributed by atoms with van der Waals surface area (Å²) in [5, 5.41) is 2.86. The number of carbonyl (C=O) groups is 2. The smallest absolute Gasteiger partial charge is 0.261 e. The van der Waals surface area contributed by atoms with Gasteiger partial charge >= 0.3 is 0 Å². The molecule has 1 aromatic carbocycles. The molecule has 0 spiro atoms. The molecular formula is C16H15NO4S. The fraction of sp³-hybridized carbons (Fsp3) is 0.250. The molecule has 22 heavy (non-hydrogen) atoms. The first-order valence-electron chi connectivity index (χ1n) is 6.91. The maximum atomic E-state index is 12.0. The van der Waals surface area contributed by atoms with Crippen LogP contribution >= 0.6 is 11.3 Å². The molecule has 1 aliphatic rings. The van der Waals surface area contributed by atoms with E-state index in [0.717, 1.165) is 17.1 Å². The number of hydrogen-bond acceptors (Lipinski definition) is 5. The van der Waals surface area contributed by atoms with E-state index in [4.69, 9.17) is 9.47 Å². The fourth-order valence-corrected chi connectivity index (χ4v) is 2.97. The van der Waals surface area contributed by atoms with Gasteiger partial charge in [-0.1, -0.05) is 6.07 Å². The maximum Gasteiger partial charge on any atom is 0.261 e. The van der Waals surface area contributed by atoms with Gasteiger partial charge in [0.2, 0.25) is 6.79 Å². The minimum Gasteiger partial charge on any atom is -0.454 e. The third-order valence-electron chi connectivity index (χ3n) is 3.31. The molecule has 0 saturated heterocycles. The van der Waals surface area contributed by atoms with E-state index < -0.39 is 0 Å². The first-order chi connectivity index (χ1) is 10.6. The van der Waals surface area contributed by atoms with Crippen LogP contribution in [-0.2, 0) is 6.42 Å². The molecule has 1 aliphatic heterocycles. The molecule has 0 bridgehead atoms. The zero-order chi connectivity index (χ0) is 15.5. The quantitative estimate of drug-likeness (QED) is 0.861. The molecule has 0 radical (unpaired) electrons. The van der Waals surface area contributed by atoms with E-state index in [0.29, 0.717) is 22.7 Å². The summed E-state index contributed by atoms with van der Waals surface area (Å²) < 4.78 is 10.6. The van der Waals surface area contributed by atoms with Gasteiger partial charge in [-0.15, -0.1) is 11.3 Å². The molecule has 0 atom stereocenters. The van der Waals surface area contributed by atoms with Crippen molar-refractivity contribution in [3.05, 3.63) is 45.6 Å². The minimum absolute atomic E-state index is 0.0237. The van der Waals surface area contributed by atoms with Gasteiger partial charge in [-0.2, -0.15) is 0 Å². The van der Waals surface area contributed by atoms with E-state index in [1.807, 2.05) is 18.2 Å². The number of hydrogen-bond donors (Lipinski definition) is 1. The molecule has 1 amide bonds. The van der Waals surface area contributed by atoms with Gasteiger partial charge in [0.25, 0.3) is 5.91 Å². The number of amides is 1. The van der Waals surface area contributed by atoms with Gasteiger partial charge in [0.1, 0.15) is 0 Å². The molecule has 3 rings (SSSR count). The predicted octanol–water partition coefficient (Wildman–Crippen LogP) is 2.65. The zero-order valence-electron chi connectivity index (χ0n) is 12.0. The summed E-state index contributed by atoms with van der Waals surface area (Å²) in [6.45, 7) is 2.27. The van der Waals surface area contributed by atoms with Crippen LogP contribution in [0.15, 0.2) is 30.3 Å². The molecule has 0 saturated carbocycles. The van der Waals surface area contributed by atoms with E-state index in [9.17, 15) is 9.59 Å². The van der Waals surface area contributed by atoms with Crippen molar-refractivity contribution in [3.63, 3.8) is 0 Å². The number of carbonyl (C=O) groups excluding carboxylic acids is 2. The molecule has 5 nitrogen and oxygen atoms in total. The van der Waals surface area contributed by atoms with Crippen molar-refractivity contribution in [2.24, 2.45) is 0 Å². The summed E-state index contributed by atoms with van der Waals surface area (Å²) in [6, 6.07) is 9.11. The van der Waals surface area contributed by atoms with E-state index in [-0.39, 0.29) is 18.5 Å². The highest BCUT2D eigenvalue weighted by Crippen LogP contribution is 2.32. The number of nitrogens with one attached hydrogen (secondary N) is 1. The molecule has 0 unspecified atom stereocenters. The van der Waals surface area contributed by atoms with Gasteiger partial charge in [0.15, 0.2) is 17.3 Å². The van der Waals surface area contributed by atoms with Crippen molar-refractivity contribution in [2.45, 2.75) is 13.3 Å². The van der Waals surface area contributed by atoms with E-state index in [1.54, 1.807) is 12.1 Å². The van der Waals surface area contributed by atoms with Crippen LogP contribution in [0, 0.1) is 0 Å². The second-order valence-electron chi connectivity index (χ2n) is 4.91. The maximum absolute atomic E-state index is 12.0. The normalized spacial score (nSPS) is 12.2. The molecule has 0 aliphatic carbocycles. The Balaban J connectivity index is 1.54. The first kappa shape index (κ1) is 14.6. The van der Waals surface area contributed by atoms with Crippen LogP contribution < -0.4 is 14.8 Å². The van der Waals surface area contributed by atoms with Crippen LogP contribution in [0.3, 0.4) is 0 Å². The number of Topliss-reactive ketones (excluding diaryl/α,β-unsaturated/α-hetero) is 1. The SMILES string of the molecule is CC(=O)c1ccc(C(=O)NCCc2ccc3c(c2)OCO3)s1. The van der Waals surface area contributed by atoms with Crippen LogP contribution in [0.2, 0.25) is 0 Å². The van der Waals surface area contributed by atoms with Crippen LogP contribution in [0.4, 0.5) is 0 Å². The van der Waals surface area contributed by atoms with E-state index >= 15 is 0 Å². The van der Waals surface area contributed by atoms with Gasteiger partial charge in [0.05, 0.1) is 9.75 Å². The number of thiophene rings is 1. The highest BCUT2D eigenvalue weighted by atomic mass is 32.1. The zero-order valence-corrected chi connectivity index (χ0v) is 12.9. The van der Waals surface area contributed by atoms with Crippen LogP contribution in [0.1, 0.15) is 31.8 Å².